The maximum Gasteiger partial charge on any atom is 0.345 e. The van der Waals surface area contributed by atoms with Crippen LogP contribution in [0.4, 0.5) is 11.4 Å². The number of hydrogen-bond donors (Lipinski definition) is 0. The molecule has 25 heavy (non-hydrogen) atoms. The first-order chi connectivity index (χ1) is 11.9. The topological polar surface area (TPSA) is 85.7 Å². The number of aliphatic imine (C=N–C) groups is 1. The molecule has 3 rings (SSSR count). The van der Waals surface area contributed by atoms with Crippen LogP contribution >= 0.6 is 23.2 Å². The highest BCUT2D eigenvalue weighted by atomic mass is 35.5. The molecule has 0 aliphatic carbocycles. The molecule has 0 saturated carbocycles. The van der Waals surface area contributed by atoms with Crippen LogP contribution in [0.3, 0.4) is 0 Å². The van der Waals surface area contributed by atoms with E-state index in [2.05, 4.69) is 4.99 Å². The van der Waals surface area contributed by atoms with Gasteiger partial charge in [0.05, 0.1) is 26.2 Å². The number of benzene rings is 2. The third-order valence-corrected chi connectivity index (χ3v) is 4.10. The van der Waals surface area contributed by atoms with Gasteiger partial charge in [-0.25, -0.2) is 9.79 Å². The van der Waals surface area contributed by atoms with Crippen molar-refractivity contribution in [1.82, 2.24) is 0 Å². The number of nitro benzene ring substituents is 1. The Hall–Kier alpha value is -2.70. The largest absolute Gasteiger partial charge is 0.422 e. The quantitative estimate of drug-likeness (QED) is 0.273. The molecule has 2 aromatic carbocycles. The number of nitro groups is 1. The van der Waals surface area contributed by atoms with Gasteiger partial charge in [0.1, 0.15) is 11.3 Å². The number of rotatable bonds is 3. The second-order valence-corrected chi connectivity index (χ2v) is 6.01. The molecule has 0 saturated heterocycles. The molecule has 3 aromatic rings. The molecule has 0 radical (unpaired) electrons. The van der Waals surface area contributed by atoms with Crippen LogP contribution in [0.2, 0.25) is 10.0 Å². The maximum atomic E-state index is 12.2. The average molecular weight is 377 g/mol. The summed E-state index contributed by atoms with van der Waals surface area (Å²) in [7, 11) is 0. The predicted octanol–water partition coefficient (Wildman–Crippen LogP) is 5.15. The van der Waals surface area contributed by atoms with E-state index in [4.69, 9.17) is 27.6 Å². The van der Waals surface area contributed by atoms with Crippen LogP contribution in [-0.4, -0.2) is 10.6 Å². The van der Waals surface area contributed by atoms with Crippen molar-refractivity contribution in [2.45, 2.75) is 6.92 Å². The Morgan fingerprint density at radius 3 is 2.44 bits per heavy atom. The van der Waals surface area contributed by atoms with E-state index >= 15 is 0 Å². The van der Waals surface area contributed by atoms with Crippen molar-refractivity contribution in [3.05, 3.63) is 78.6 Å². The van der Waals surface area contributed by atoms with Crippen LogP contribution in [0.1, 0.15) is 12.5 Å². The molecule has 1 aromatic heterocycles. The van der Waals surface area contributed by atoms with Crippen LogP contribution in [-0.2, 0) is 0 Å². The lowest BCUT2D eigenvalue weighted by atomic mass is 10.1. The van der Waals surface area contributed by atoms with Crippen LogP contribution in [0.15, 0.2) is 56.7 Å². The molecule has 0 fully saturated rings. The minimum atomic E-state index is -0.601. The Bertz CT molecular complexity index is 1070. The Balaban J connectivity index is 2.12. The lowest BCUT2D eigenvalue weighted by Crippen LogP contribution is -2.11. The Kier molecular flexibility index (Phi) is 4.57. The number of nitrogens with zero attached hydrogens (tertiary/aromatic N) is 2. The van der Waals surface area contributed by atoms with E-state index in [-0.39, 0.29) is 27.0 Å². The first-order valence-electron chi connectivity index (χ1n) is 7.09. The zero-order valence-electron chi connectivity index (χ0n) is 12.8. The fourth-order valence-electron chi connectivity index (χ4n) is 2.31. The van der Waals surface area contributed by atoms with Crippen LogP contribution in [0, 0.1) is 10.1 Å². The van der Waals surface area contributed by atoms with Crippen molar-refractivity contribution in [3.8, 4) is 0 Å². The summed E-state index contributed by atoms with van der Waals surface area (Å²) in [4.78, 5) is 26.7. The molecule has 0 spiro atoms. The number of fused-ring (bicyclic) bond motifs is 1. The average Bonchev–Trinajstić information content (AvgIpc) is 2.57. The summed E-state index contributed by atoms with van der Waals surface area (Å²) in [6, 6.07) is 11.1. The Morgan fingerprint density at radius 2 is 1.80 bits per heavy atom. The standard InChI is InChI=1S/C17H10Cl2N2O4/c1-9(12-6-10-4-2-3-5-15(10)25-17(12)22)20-16-13(18)7-11(21(23)24)8-14(16)19/h2-8H,1H3. The lowest BCUT2D eigenvalue weighted by molar-refractivity contribution is -0.384. The highest BCUT2D eigenvalue weighted by Gasteiger charge is 2.16. The van der Waals surface area contributed by atoms with Crippen molar-refractivity contribution in [1.29, 1.82) is 0 Å². The van der Waals surface area contributed by atoms with Crippen LogP contribution < -0.4 is 5.63 Å². The minimum absolute atomic E-state index is 0.0173. The molecule has 0 amide bonds. The van der Waals surface area contributed by atoms with E-state index in [9.17, 15) is 14.9 Å². The van der Waals surface area contributed by atoms with Gasteiger partial charge < -0.3 is 4.42 Å². The molecule has 0 aliphatic heterocycles. The smallest absolute Gasteiger partial charge is 0.345 e. The van der Waals surface area contributed by atoms with Crippen molar-refractivity contribution in [2.24, 2.45) is 4.99 Å². The summed E-state index contributed by atoms with van der Waals surface area (Å²) in [5.41, 5.74) is 0.418. The summed E-state index contributed by atoms with van der Waals surface area (Å²) in [6.45, 7) is 1.61. The fourth-order valence-corrected chi connectivity index (χ4v) is 2.87. The van der Waals surface area contributed by atoms with E-state index in [1.165, 1.54) is 0 Å². The van der Waals surface area contributed by atoms with E-state index in [0.717, 1.165) is 17.5 Å². The maximum absolute atomic E-state index is 12.2. The molecule has 8 heteroatoms. The van der Waals surface area contributed by atoms with Crippen molar-refractivity contribution in [2.75, 3.05) is 0 Å². The summed E-state index contributed by atoms with van der Waals surface area (Å²) in [5, 5.41) is 11.6. The molecule has 0 unspecified atom stereocenters. The van der Waals surface area contributed by atoms with Gasteiger partial charge >= 0.3 is 5.63 Å². The van der Waals surface area contributed by atoms with Gasteiger partial charge in [-0.3, -0.25) is 10.1 Å². The monoisotopic (exact) mass is 376 g/mol. The summed E-state index contributed by atoms with van der Waals surface area (Å²) in [5.74, 6) is 0. The molecule has 0 N–H and O–H groups in total. The zero-order chi connectivity index (χ0) is 18.1. The fraction of sp³-hybridized carbons (Fsp3) is 0.0588. The molecule has 6 nitrogen and oxygen atoms in total. The van der Waals surface area contributed by atoms with Gasteiger partial charge in [-0.05, 0) is 19.1 Å². The number of non-ortho nitro benzene ring substituents is 1. The second-order valence-electron chi connectivity index (χ2n) is 5.20. The SMILES string of the molecule is CC(=Nc1c(Cl)cc([N+](=O)[O-])cc1Cl)c1cc2ccccc2oc1=O. The van der Waals surface area contributed by atoms with Gasteiger partial charge in [-0.2, -0.15) is 0 Å². The normalized spacial score (nSPS) is 11.7. The van der Waals surface area contributed by atoms with E-state index in [0.29, 0.717) is 11.3 Å². The van der Waals surface area contributed by atoms with Crippen molar-refractivity contribution < 1.29 is 9.34 Å². The number of halogens is 2. The van der Waals surface area contributed by atoms with Gasteiger partial charge in [-0.1, -0.05) is 41.4 Å². The summed E-state index contributed by atoms with van der Waals surface area (Å²) < 4.78 is 5.27. The Morgan fingerprint density at radius 1 is 1.16 bits per heavy atom. The molecule has 1 heterocycles. The summed E-state index contributed by atoms with van der Waals surface area (Å²) in [6.07, 6.45) is 0. The molecule has 0 bridgehead atoms. The van der Waals surface area contributed by atoms with E-state index < -0.39 is 10.5 Å². The van der Waals surface area contributed by atoms with Crippen molar-refractivity contribution >= 4 is 51.3 Å². The van der Waals surface area contributed by atoms with E-state index in [1.54, 1.807) is 31.2 Å². The van der Waals surface area contributed by atoms with Gasteiger partial charge in [0.15, 0.2) is 0 Å². The highest BCUT2D eigenvalue weighted by molar-refractivity contribution is 6.39. The first kappa shape index (κ1) is 17.1. The van der Waals surface area contributed by atoms with Crippen molar-refractivity contribution in [3.63, 3.8) is 0 Å². The molecule has 0 atom stereocenters. The number of hydrogen-bond acceptors (Lipinski definition) is 5. The van der Waals surface area contributed by atoms with Gasteiger partial charge in [0, 0.05) is 17.5 Å². The van der Waals surface area contributed by atoms with Gasteiger partial charge in [0.2, 0.25) is 0 Å². The lowest BCUT2D eigenvalue weighted by Gasteiger charge is -2.05. The predicted molar refractivity (Wildman–Crippen MR) is 97.5 cm³/mol. The van der Waals surface area contributed by atoms with Gasteiger partial charge in [0.25, 0.3) is 5.69 Å². The van der Waals surface area contributed by atoms with Crippen LogP contribution in [0.5, 0.6) is 0 Å². The molecular formula is C17H10Cl2N2O4. The van der Waals surface area contributed by atoms with Gasteiger partial charge in [-0.15, -0.1) is 0 Å². The summed E-state index contributed by atoms with van der Waals surface area (Å²) >= 11 is 12.1. The third-order valence-electron chi connectivity index (χ3n) is 3.52. The molecule has 126 valence electrons. The highest BCUT2D eigenvalue weighted by Crippen LogP contribution is 2.37. The van der Waals surface area contributed by atoms with Crippen LogP contribution in [0.25, 0.3) is 11.0 Å². The first-order valence-corrected chi connectivity index (χ1v) is 7.84. The zero-order valence-corrected chi connectivity index (χ0v) is 14.3. The Labute approximate surface area is 151 Å². The molecule has 0 aliphatic rings. The molecular weight excluding hydrogens is 367 g/mol. The van der Waals surface area contributed by atoms with E-state index in [1.807, 2.05) is 6.07 Å². The number of para-hydroxylation sites is 1. The minimum Gasteiger partial charge on any atom is -0.422 e. The second kappa shape index (κ2) is 6.66. The third kappa shape index (κ3) is 3.40.